The average Bonchev–Trinajstić information content (AvgIpc) is 3.11. The molecule has 0 saturated heterocycles. The minimum atomic E-state index is -0.295. The van der Waals surface area contributed by atoms with Crippen molar-refractivity contribution in [3.8, 4) is 11.5 Å². The highest BCUT2D eigenvalue weighted by molar-refractivity contribution is 7.98. The molecular formula is C19H16FN5OS2. The largest absolute Gasteiger partial charge is 0.334 e. The molecule has 1 aromatic carbocycles. The maximum atomic E-state index is 13.1. The molecule has 3 heterocycles. The summed E-state index contributed by atoms with van der Waals surface area (Å²) in [7, 11) is 0. The zero-order chi connectivity index (χ0) is 18.9. The average molecular weight is 414 g/mol. The predicted molar refractivity (Wildman–Crippen MR) is 105 cm³/mol. The Morgan fingerprint density at radius 2 is 2.04 bits per heavy atom. The lowest BCUT2D eigenvalue weighted by Gasteiger charge is -2.07. The molecule has 1 saturated carbocycles. The summed E-state index contributed by atoms with van der Waals surface area (Å²) in [4.78, 5) is 5.69. The molecule has 142 valence electrons. The van der Waals surface area contributed by atoms with Crippen LogP contribution < -0.4 is 0 Å². The monoisotopic (exact) mass is 413 g/mol. The Kier molecular flexibility index (Phi) is 4.69. The van der Waals surface area contributed by atoms with Gasteiger partial charge in [0.15, 0.2) is 11.0 Å². The van der Waals surface area contributed by atoms with Crippen molar-refractivity contribution in [3.63, 3.8) is 0 Å². The van der Waals surface area contributed by atoms with E-state index < -0.39 is 0 Å². The molecule has 4 aromatic rings. The third kappa shape index (κ3) is 3.72. The molecular weight excluding hydrogens is 397 g/mol. The molecule has 3 aromatic heterocycles. The molecule has 0 unspecified atom stereocenters. The van der Waals surface area contributed by atoms with Crippen molar-refractivity contribution in [3.05, 3.63) is 64.1 Å². The summed E-state index contributed by atoms with van der Waals surface area (Å²) in [5, 5.41) is 15.8. The van der Waals surface area contributed by atoms with Gasteiger partial charge in [-0.2, -0.15) is 4.98 Å². The smallest absolute Gasteiger partial charge is 0.257 e. The van der Waals surface area contributed by atoms with Gasteiger partial charge in [-0.05, 0) is 48.6 Å². The number of thiophene rings is 1. The first-order valence-electron chi connectivity index (χ1n) is 8.94. The zero-order valence-electron chi connectivity index (χ0n) is 14.8. The van der Waals surface area contributed by atoms with E-state index in [1.165, 1.54) is 29.9 Å². The van der Waals surface area contributed by atoms with Crippen LogP contribution in [-0.4, -0.2) is 24.9 Å². The van der Waals surface area contributed by atoms with Gasteiger partial charge in [-0.3, -0.25) is 0 Å². The summed E-state index contributed by atoms with van der Waals surface area (Å²) < 4.78 is 20.6. The van der Waals surface area contributed by atoms with Crippen molar-refractivity contribution < 1.29 is 8.91 Å². The summed E-state index contributed by atoms with van der Waals surface area (Å²) in [5.74, 6) is 2.21. The normalized spacial score (nSPS) is 13.9. The van der Waals surface area contributed by atoms with Crippen LogP contribution in [0, 0.1) is 5.82 Å². The van der Waals surface area contributed by atoms with E-state index in [9.17, 15) is 4.39 Å². The Balaban J connectivity index is 1.30. The van der Waals surface area contributed by atoms with Crippen molar-refractivity contribution in [2.75, 3.05) is 0 Å². The highest BCUT2D eigenvalue weighted by Crippen LogP contribution is 2.39. The molecule has 0 aliphatic heterocycles. The number of halogens is 1. The van der Waals surface area contributed by atoms with Gasteiger partial charge >= 0.3 is 0 Å². The second-order valence-corrected chi connectivity index (χ2v) is 8.54. The van der Waals surface area contributed by atoms with Gasteiger partial charge in [0.1, 0.15) is 11.6 Å². The Morgan fingerprint density at radius 1 is 1.18 bits per heavy atom. The van der Waals surface area contributed by atoms with Gasteiger partial charge < -0.3 is 9.09 Å². The Bertz CT molecular complexity index is 1070. The molecule has 9 heteroatoms. The molecule has 0 N–H and O–H groups in total. The summed E-state index contributed by atoms with van der Waals surface area (Å²) >= 11 is 3.30. The molecule has 28 heavy (non-hydrogen) atoms. The molecule has 0 spiro atoms. The van der Waals surface area contributed by atoms with Gasteiger partial charge in [0, 0.05) is 22.9 Å². The van der Waals surface area contributed by atoms with E-state index in [4.69, 9.17) is 4.52 Å². The summed E-state index contributed by atoms with van der Waals surface area (Å²) in [6.45, 7) is 0. The second-order valence-electron chi connectivity index (χ2n) is 6.57. The number of benzene rings is 1. The molecule has 1 aliphatic carbocycles. The number of hydrogen-bond donors (Lipinski definition) is 0. The summed E-state index contributed by atoms with van der Waals surface area (Å²) in [5.41, 5.74) is 0.699. The number of hydrogen-bond acceptors (Lipinski definition) is 7. The third-order valence-corrected chi connectivity index (χ3v) is 6.26. The lowest BCUT2D eigenvalue weighted by Crippen LogP contribution is -2.03. The van der Waals surface area contributed by atoms with Crippen molar-refractivity contribution in [1.29, 1.82) is 0 Å². The van der Waals surface area contributed by atoms with Crippen LogP contribution in [0.1, 0.15) is 35.4 Å². The molecule has 6 nitrogen and oxygen atoms in total. The van der Waals surface area contributed by atoms with E-state index in [2.05, 4.69) is 42.4 Å². The number of rotatable bonds is 7. The van der Waals surface area contributed by atoms with Crippen LogP contribution in [0.4, 0.5) is 4.39 Å². The maximum Gasteiger partial charge on any atom is 0.257 e. The predicted octanol–water partition coefficient (Wildman–Crippen LogP) is 4.75. The first-order chi connectivity index (χ1) is 13.8. The summed E-state index contributed by atoms with van der Waals surface area (Å²) in [6, 6.07) is 10.7. The van der Waals surface area contributed by atoms with Crippen molar-refractivity contribution in [1.82, 2.24) is 24.9 Å². The fourth-order valence-corrected chi connectivity index (χ4v) is 4.52. The number of nitrogens with zero attached hydrogens (tertiary/aromatic N) is 5. The Labute approximate surface area is 168 Å². The quantitative estimate of drug-likeness (QED) is 0.407. The standard InChI is InChI=1S/C19H16FN5OS2/c20-13-5-3-12(4-6-13)18-21-16(24-26-18)11-28-19-23-22-17(25(19)14-7-8-14)10-15-2-1-9-27-15/h1-6,9,14H,7-8,10-11H2. The summed E-state index contributed by atoms with van der Waals surface area (Å²) in [6.07, 6.45) is 3.14. The SMILES string of the molecule is Fc1ccc(-c2nc(CSc3nnc(Cc4cccs4)n3C3CC3)no2)cc1. The van der Waals surface area contributed by atoms with Crippen LogP contribution in [0.3, 0.4) is 0 Å². The van der Waals surface area contributed by atoms with Crippen molar-refractivity contribution in [2.24, 2.45) is 0 Å². The van der Waals surface area contributed by atoms with Crippen LogP contribution in [0.2, 0.25) is 0 Å². The lowest BCUT2D eigenvalue weighted by atomic mass is 10.2. The minimum absolute atomic E-state index is 0.295. The topological polar surface area (TPSA) is 69.6 Å². The zero-order valence-corrected chi connectivity index (χ0v) is 16.4. The Hall–Kier alpha value is -2.52. The van der Waals surface area contributed by atoms with Crippen molar-refractivity contribution in [2.45, 2.75) is 36.2 Å². The number of aromatic nitrogens is 5. The van der Waals surface area contributed by atoms with E-state index in [1.54, 1.807) is 35.2 Å². The fourth-order valence-electron chi connectivity index (χ4n) is 2.95. The first kappa shape index (κ1) is 17.6. The van der Waals surface area contributed by atoms with Gasteiger partial charge in [-0.25, -0.2) is 4.39 Å². The molecule has 0 bridgehead atoms. The number of thioether (sulfide) groups is 1. The van der Waals surface area contributed by atoms with Gasteiger partial charge in [0.2, 0.25) is 0 Å². The maximum absolute atomic E-state index is 13.1. The van der Waals surface area contributed by atoms with Crippen LogP contribution >= 0.6 is 23.1 Å². The van der Waals surface area contributed by atoms with Gasteiger partial charge in [-0.1, -0.05) is 23.0 Å². The molecule has 0 radical (unpaired) electrons. The van der Waals surface area contributed by atoms with E-state index in [-0.39, 0.29) is 5.82 Å². The second kappa shape index (κ2) is 7.48. The highest BCUT2D eigenvalue weighted by atomic mass is 32.2. The van der Waals surface area contributed by atoms with E-state index in [0.29, 0.717) is 29.1 Å². The van der Waals surface area contributed by atoms with Crippen molar-refractivity contribution >= 4 is 23.1 Å². The molecule has 0 amide bonds. The first-order valence-corrected chi connectivity index (χ1v) is 10.8. The van der Waals surface area contributed by atoms with Crippen LogP contribution in [0.5, 0.6) is 0 Å². The van der Waals surface area contributed by atoms with Gasteiger partial charge in [-0.15, -0.1) is 21.5 Å². The minimum Gasteiger partial charge on any atom is -0.334 e. The van der Waals surface area contributed by atoms with Crippen LogP contribution in [0.15, 0.2) is 51.5 Å². The molecule has 1 aliphatic rings. The Morgan fingerprint density at radius 3 is 2.79 bits per heavy atom. The van der Waals surface area contributed by atoms with E-state index >= 15 is 0 Å². The lowest BCUT2D eigenvalue weighted by molar-refractivity contribution is 0.425. The van der Waals surface area contributed by atoms with Gasteiger partial charge in [0.05, 0.1) is 5.75 Å². The van der Waals surface area contributed by atoms with E-state index in [1.807, 2.05) is 0 Å². The fraction of sp³-hybridized carbons (Fsp3) is 0.263. The van der Waals surface area contributed by atoms with Gasteiger partial charge in [0.25, 0.3) is 5.89 Å². The molecule has 1 fully saturated rings. The third-order valence-electron chi connectivity index (χ3n) is 4.45. The molecule has 5 rings (SSSR count). The molecule has 0 atom stereocenters. The van der Waals surface area contributed by atoms with E-state index in [0.717, 1.165) is 17.4 Å². The highest BCUT2D eigenvalue weighted by Gasteiger charge is 2.30. The van der Waals surface area contributed by atoms with Crippen LogP contribution in [0.25, 0.3) is 11.5 Å². The van der Waals surface area contributed by atoms with Crippen LogP contribution in [-0.2, 0) is 12.2 Å².